The van der Waals surface area contributed by atoms with Crippen molar-refractivity contribution < 1.29 is 9.53 Å². The van der Waals surface area contributed by atoms with Crippen LogP contribution in [0.1, 0.15) is 11.1 Å². The molecular weight excluding hydrogens is 290 g/mol. The average Bonchev–Trinajstić information content (AvgIpc) is 3.02. The lowest BCUT2D eigenvalue weighted by Gasteiger charge is -2.09. The molecule has 0 amide bonds. The number of H-pyrrole nitrogens is 1. The van der Waals surface area contributed by atoms with Crippen LogP contribution in [0.15, 0.2) is 60.0 Å². The first-order valence-electron chi connectivity index (χ1n) is 7.34. The van der Waals surface area contributed by atoms with Gasteiger partial charge >= 0.3 is 5.97 Å². The highest BCUT2D eigenvalue weighted by Gasteiger charge is 2.19. The van der Waals surface area contributed by atoms with Gasteiger partial charge < -0.3 is 9.72 Å². The Morgan fingerprint density at radius 3 is 2.87 bits per heavy atom. The van der Waals surface area contributed by atoms with Crippen molar-refractivity contribution in [2.24, 2.45) is 4.99 Å². The number of aromatic amines is 1. The molecule has 23 heavy (non-hydrogen) atoms. The first-order chi connectivity index (χ1) is 11.3. The van der Waals surface area contributed by atoms with Gasteiger partial charge in [0.25, 0.3) is 0 Å². The van der Waals surface area contributed by atoms with E-state index in [0.717, 1.165) is 22.0 Å². The fraction of sp³-hybridized carbons (Fsp3) is 0.167. The van der Waals surface area contributed by atoms with E-state index in [9.17, 15) is 4.79 Å². The fourth-order valence-corrected chi connectivity index (χ4v) is 2.47. The summed E-state index contributed by atoms with van der Waals surface area (Å²) in [4.78, 5) is 23.6. The number of esters is 1. The van der Waals surface area contributed by atoms with Gasteiger partial charge in [0.15, 0.2) is 6.04 Å². The number of pyridine rings is 1. The number of aliphatic imine (C=N–C) groups is 1. The maximum absolute atomic E-state index is 12.0. The standard InChI is InChI=1S/C18H17N3O2/c1-23-18(22)17(20-11-13-6-8-19-9-7-13)10-14-12-21-16-5-3-2-4-15(14)16/h2-9,11-12,17,21H,10H2,1H3/t17-/m1/s1. The number of nitrogens with zero attached hydrogens (tertiary/aromatic N) is 2. The number of aromatic nitrogens is 2. The van der Waals surface area contributed by atoms with Crippen LogP contribution in [0.4, 0.5) is 0 Å². The maximum atomic E-state index is 12.0. The highest BCUT2D eigenvalue weighted by molar-refractivity contribution is 5.86. The number of carbonyl (C=O) groups is 1. The smallest absolute Gasteiger partial charge is 0.330 e. The Balaban J connectivity index is 1.85. The predicted octanol–water partition coefficient (Wildman–Crippen LogP) is 2.77. The van der Waals surface area contributed by atoms with Crippen molar-refractivity contribution in [3.8, 4) is 0 Å². The second-order valence-electron chi connectivity index (χ2n) is 5.16. The first kappa shape index (κ1) is 15.0. The molecule has 5 heteroatoms. The largest absolute Gasteiger partial charge is 0.467 e. The third-order valence-corrected chi connectivity index (χ3v) is 3.67. The normalized spacial score (nSPS) is 12.6. The zero-order valence-corrected chi connectivity index (χ0v) is 12.8. The zero-order valence-electron chi connectivity index (χ0n) is 12.8. The lowest BCUT2D eigenvalue weighted by molar-refractivity contribution is -0.142. The van der Waals surface area contributed by atoms with Crippen molar-refractivity contribution in [3.63, 3.8) is 0 Å². The molecule has 116 valence electrons. The quantitative estimate of drug-likeness (QED) is 0.582. The van der Waals surface area contributed by atoms with Crippen molar-refractivity contribution in [1.82, 2.24) is 9.97 Å². The Labute approximate surface area is 134 Å². The molecule has 3 aromatic rings. The molecule has 0 bridgehead atoms. The fourth-order valence-electron chi connectivity index (χ4n) is 2.47. The Bertz CT molecular complexity index is 824. The molecule has 0 aliphatic heterocycles. The third-order valence-electron chi connectivity index (χ3n) is 3.67. The number of nitrogens with one attached hydrogen (secondary N) is 1. The van der Waals surface area contributed by atoms with Gasteiger partial charge in [-0.3, -0.25) is 9.98 Å². The molecule has 5 nitrogen and oxygen atoms in total. The number of fused-ring (bicyclic) bond motifs is 1. The van der Waals surface area contributed by atoms with Crippen LogP contribution in [0.3, 0.4) is 0 Å². The SMILES string of the molecule is COC(=O)[C@@H](Cc1c[nH]c2ccccc12)N=Cc1ccncc1. The molecule has 0 fully saturated rings. The molecular formula is C18H17N3O2. The zero-order chi connectivity index (χ0) is 16.1. The number of rotatable bonds is 5. The average molecular weight is 307 g/mol. The molecule has 0 radical (unpaired) electrons. The highest BCUT2D eigenvalue weighted by Crippen LogP contribution is 2.20. The molecule has 0 aliphatic rings. The van der Waals surface area contributed by atoms with E-state index < -0.39 is 6.04 Å². The van der Waals surface area contributed by atoms with E-state index in [0.29, 0.717) is 6.42 Å². The minimum Gasteiger partial charge on any atom is -0.467 e. The van der Waals surface area contributed by atoms with E-state index in [4.69, 9.17) is 4.74 Å². The van der Waals surface area contributed by atoms with Crippen molar-refractivity contribution in [2.45, 2.75) is 12.5 Å². The summed E-state index contributed by atoms with van der Waals surface area (Å²) in [6.07, 6.45) is 7.46. The van der Waals surface area contributed by atoms with Crippen LogP contribution in [0.5, 0.6) is 0 Å². The van der Waals surface area contributed by atoms with E-state index in [2.05, 4.69) is 15.0 Å². The van der Waals surface area contributed by atoms with Crippen LogP contribution in [-0.2, 0) is 16.0 Å². The summed E-state index contributed by atoms with van der Waals surface area (Å²) in [6.45, 7) is 0. The molecule has 0 spiro atoms. The van der Waals surface area contributed by atoms with Gasteiger partial charge in [-0.15, -0.1) is 0 Å². The van der Waals surface area contributed by atoms with E-state index >= 15 is 0 Å². The molecule has 0 saturated heterocycles. The van der Waals surface area contributed by atoms with Gasteiger partial charge in [0.1, 0.15) is 0 Å². The first-order valence-corrected chi connectivity index (χ1v) is 7.34. The summed E-state index contributed by atoms with van der Waals surface area (Å²) in [7, 11) is 1.38. The van der Waals surface area contributed by atoms with Crippen molar-refractivity contribution >= 4 is 23.1 Å². The number of hydrogen-bond donors (Lipinski definition) is 1. The van der Waals surface area contributed by atoms with Crippen molar-refractivity contribution in [3.05, 3.63) is 66.1 Å². The summed E-state index contributed by atoms with van der Waals surface area (Å²) in [5.74, 6) is -0.347. The molecule has 0 saturated carbocycles. The second-order valence-corrected chi connectivity index (χ2v) is 5.16. The Morgan fingerprint density at radius 2 is 2.09 bits per heavy atom. The topological polar surface area (TPSA) is 67.3 Å². The molecule has 3 rings (SSSR count). The third kappa shape index (κ3) is 3.45. The maximum Gasteiger partial charge on any atom is 0.330 e. The van der Waals surface area contributed by atoms with E-state index in [1.165, 1.54) is 7.11 Å². The monoisotopic (exact) mass is 307 g/mol. The number of methoxy groups -OCH3 is 1. The number of hydrogen-bond acceptors (Lipinski definition) is 4. The van der Waals surface area contributed by atoms with Crippen LogP contribution >= 0.6 is 0 Å². The van der Waals surface area contributed by atoms with E-state index in [-0.39, 0.29) is 5.97 Å². The van der Waals surface area contributed by atoms with Crippen LogP contribution < -0.4 is 0 Å². The van der Waals surface area contributed by atoms with Crippen LogP contribution in [0.2, 0.25) is 0 Å². The van der Waals surface area contributed by atoms with Crippen LogP contribution in [0.25, 0.3) is 10.9 Å². The van der Waals surface area contributed by atoms with Gasteiger partial charge in [0.05, 0.1) is 7.11 Å². The van der Waals surface area contributed by atoms with Crippen LogP contribution in [0, 0.1) is 0 Å². The van der Waals surface area contributed by atoms with Gasteiger partial charge in [0, 0.05) is 42.1 Å². The predicted molar refractivity (Wildman–Crippen MR) is 89.6 cm³/mol. The Kier molecular flexibility index (Phi) is 4.47. The summed E-state index contributed by atoms with van der Waals surface area (Å²) in [6, 6.07) is 11.1. The van der Waals surface area contributed by atoms with Crippen molar-refractivity contribution in [2.75, 3.05) is 7.11 Å². The van der Waals surface area contributed by atoms with Gasteiger partial charge in [0.2, 0.25) is 0 Å². The molecule has 2 heterocycles. The summed E-state index contributed by atoms with van der Waals surface area (Å²) in [5, 5.41) is 1.10. The second kappa shape index (κ2) is 6.87. The minimum atomic E-state index is -0.577. The van der Waals surface area contributed by atoms with E-state index in [1.807, 2.05) is 42.6 Å². The molecule has 0 aliphatic carbocycles. The molecule has 1 atom stereocenters. The lowest BCUT2D eigenvalue weighted by Crippen LogP contribution is -2.23. The molecule has 1 N–H and O–H groups in total. The van der Waals surface area contributed by atoms with E-state index in [1.54, 1.807) is 18.6 Å². The van der Waals surface area contributed by atoms with Gasteiger partial charge in [-0.2, -0.15) is 0 Å². The summed E-state index contributed by atoms with van der Waals surface area (Å²) >= 11 is 0. The lowest BCUT2D eigenvalue weighted by atomic mass is 10.1. The summed E-state index contributed by atoms with van der Waals surface area (Å²) < 4.78 is 4.89. The van der Waals surface area contributed by atoms with Crippen LogP contribution in [-0.4, -0.2) is 35.3 Å². The summed E-state index contributed by atoms with van der Waals surface area (Å²) in [5.41, 5.74) is 2.99. The Morgan fingerprint density at radius 1 is 1.30 bits per heavy atom. The van der Waals surface area contributed by atoms with Gasteiger partial charge in [-0.05, 0) is 29.3 Å². The molecule has 0 unspecified atom stereocenters. The van der Waals surface area contributed by atoms with Crippen molar-refractivity contribution in [1.29, 1.82) is 0 Å². The molecule has 1 aromatic carbocycles. The molecule has 2 aromatic heterocycles. The Hall–Kier alpha value is -2.95. The van der Waals surface area contributed by atoms with Gasteiger partial charge in [-0.25, -0.2) is 4.79 Å². The van der Waals surface area contributed by atoms with Gasteiger partial charge in [-0.1, -0.05) is 18.2 Å². The number of ether oxygens (including phenoxy) is 1. The number of para-hydroxylation sites is 1. The number of benzene rings is 1. The number of carbonyl (C=O) groups excluding carboxylic acids is 1. The minimum absolute atomic E-state index is 0.347. The highest BCUT2D eigenvalue weighted by atomic mass is 16.5.